The number of amides is 1. The van der Waals surface area contributed by atoms with Crippen LogP contribution in [0.25, 0.3) is 0 Å². The zero-order chi connectivity index (χ0) is 12.5. The quantitative estimate of drug-likeness (QED) is 0.829. The van der Waals surface area contributed by atoms with E-state index in [1.807, 2.05) is 19.1 Å². The minimum atomic E-state index is -0.408. The number of pyridine rings is 1. The van der Waals surface area contributed by atoms with E-state index in [4.69, 9.17) is 17.3 Å². The molecule has 17 heavy (non-hydrogen) atoms. The van der Waals surface area contributed by atoms with E-state index >= 15 is 0 Å². The van der Waals surface area contributed by atoms with Gasteiger partial charge in [-0.05, 0) is 26.0 Å². The summed E-state index contributed by atoms with van der Waals surface area (Å²) in [6.45, 7) is 4.19. The van der Waals surface area contributed by atoms with Gasteiger partial charge in [0.1, 0.15) is 5.15 Å². The molecular weight excluding hydrogens is 238 g/mol. The first-order chi connectivity index (χ1) is 8.01. The highest BCUT2D eigenvalue weighted by Gasteiger charge is 2.38. The molecule has 0 radical (unpaired) electrons. The number of likely N-dealkylation sites (tertiary alicyclic amines) is 1. The third-order valence-electron chi connectivity index (χ3n) is 3.38. The SMILES string of the molecule is CC1(C(N)=O)CCN(Cc2cccnc2Cl)C1. The van der Waals surface area contributed by atoms with Crippen molar-refractivity contribution in [2.24, 2.45) is 11.1 Å². The number of nitrogens with zero attached hydrogens (tertiary/aromatic N) is 2. The zero-order valence-electron chi connectivity index (χ0n) is 9.82. The summed E-state index contributed by atoms with van der Waals surface area (Å²) in [6, 6.07) is 3.82. The van der Waals surface area contributed by atoms with Crippen LogP contribution in [0.15, 0.2) is 18.3 Å². The molecule has 1 fully saturated rings. The van der Waals surface area contributed by atoms with Gasteiger partial charge >= 0.3 is 0 Å². The zero-order valence-corrected chi connectivity index (χ0v) is 10.6. The molecule has 1 amide bonds. The summed E-state index contributed by atoms with van der Waals surface area (Å²) >= 11 is 6.01. The third kappa shape index (κ3) is 2.58. The van der Waals surface area contributed by atoms with E-state index in [1.165, 1.54) is 0 Å². The van der Waals surface area contributed by atoms with Crippen LogP contribution < -0.4 is 5.73 Å². The van der Waals surface area contributed by atoms with E-state index in [0.29, 0.717) is 11.7 Å². The maximum absolute atomic E-state index is 11.3. The molecular formula is C12H16ClN3O. The molecule has 0 saturated carbocycles. The van der Waals surface area contributed by atoms with E-state index < -0.39 is 5.41 Å². The highest BCUT2D eigenvalue weighted by molar-refractivity contribution is 6.30. The first-order valence-electron chi connectivity index (χ1n) is 5.63. The molecule has 1 atom stereocenters. The Hall–Kier alpha value is -1.13. The molecule has 1 saturated heterocycles. The maximum Gasteiger partial charge on any atom is 0.224 e. The summed E-state index contributed by atoms with van der Waals surface area (Å²) in [4.78, 5) is 17.6. The summed E-state index contributed by atoms with van der Waals surface area (Å²) in [6.07, 6.45) is 2.48. The fraction of sp³-hybridized carbons (Fsp3) is 0.500. The summed E-state index contributed by atoms with van der Waals surface area (Å²) in [5, 5.41) is 0.528. The van der Waals surface area contributed by atoms with E-state index in [2.05, 4.69) is 9.88 Å². The van der Waals surface area contributed by atoms with Crippen molar-refractivity contribution in [3.05, 3.63) is 29.0 Å². The Morgan fingerprint density at radius 2 is 2.47 bits per heavy atom. The molecule has 1 aromatic heterocycles. The lowest BCUT2D eigenvalue weighted by Gasteiger charge is -2.21. The number of halogens is 1. The Balaban J connectivity index is 2.04. The largest absolute Gasteiger partial charge is 0.369 e. The molecule has 1 aliphatic rings. The van der Waals surface area contributed by atoms with Crippen LogP contribution in [-0.2, 0) is 11.3 Å². The van der Waals surface area contributed by atoms with Crippen molar-refractivity contribution in [1.82, 2.24) is 9.88 Å². The monoisotopic (exact) mass is 253 g/mol. The normalized spacial score (nSPS) is 25.1. The van der Waals surface area contributed by atoms with Gasteiger partial charge < -0.3 is 5.73 Å². The van der Waals surface area contributed by atoms with Crippen molar-refractivity contribution in [3.8, 4) is 0 Å². The Kier molecular flexibility index (Phi) is 3.35. The molecule has 0 aliphatic carbocycles. The second-order valence-electron chi connectivity index (χ2n) is 4.84. The van der Waals surface area contributed by atoms with Crippen LogP contribution in [0, 0.1) is 5.41 Å². The van der Waals surface area contributed by atoms with E-state index in [1.54, 1.807) is 6.20 Å². The first-order valence-corrected chi connectivity index (χ1v) is 6.01. The average molecular weight is 254 g/mol. The molecule has 2 heterocycles. The van der Waals surface area contributed by atoms with Gasteiger partial charge in [-0.25, -0.2) is 4.98 Å². The lowest BCUT2D eigenvalue weighted by Crippen LogP contribution is -2.36. The number of nitrogens with two attached hydrogens (primary N) is 1. The molecule has 4 nitrogen and oxygen atoms in total. The van der Waals surface area contributed by atoms with E-state index in [9.17, 15) is 4.79 Å². The Morgan fingerprint density at radius 3 is 3.06 bits per heavy atom. The number of carbonyl (C=O) groups is 1. The number of hydrogen-bond donors (Lipinski definition) is 1. The second kappa shape index (κ2) is 4.63. The van der Waals surface area contributed by atoms with Gasteiger partial charge in [-0.2, -0.15) is 0 Å². The number of hydrogen-bond acceptors (Lipinski definition) is 3. The molecule has 0 aromatic carbocycles. The lowest BCUT2D eigenvalue weighted by atomic mass is 9.89. The van der Waals surface area contributed by atoms with Crippen molar-refractivity contribution in [1.29, 1.82) is 0 Å². The highest BCUT2D eigenvalue weighted by Crippen LogP contribution is 2.30. The van der Waals surface area contributed by atoms with E-state index in [0.717, 1.165) is 25.1 Å². The third-order valence-corrected chi connectivity index (χ3v) is 3.72. The Labute approximate surface area is 106 Å². The molecule has 92 valence electrons. The van der Waals surface area contributed by atoms with Crippen molar-refractivity contribution in [2.45, 2.75) is 19.9 Å². The standard InChI is InChI=1S/C12H16ClN3O/c1-12(11(14)17)4-6-16(8-12)7-9-3-2-5-15-10(9)13/h2-3,5H,4,6-8H2,1H3,(H2,14,17). The maximum atomic E-state index is 11.3. The average Bonchev–Trinajstić information content (AvgIpc) is 2.65. The van der Waals surface area contributed by atoms with Crippen LogP contribution in [0.4, 0.5) is 0 Å². The minimum Gasteiger partial charge on any atom is -0.369 e. The smallest absolute Gasteiger partial charge is 0.224 e. The van der Waals surface area contributed by atoms with Crippen LogP contribution in [0.2, 0.25) is 5.15 Å². The van der Waals surface area contributed by atoms with Crippen molar-refractivity contribution in [2.75, 3.05) is 13.1 Å². The minimum absolute atomic E-state index is 0.225. The van der Waals surface area contributed by atoms with Crippen LogP contribution in [0.3, 0.4) is 0 Å². The Morgan fingerprint density at radius 1 is 1.71 bits per heavy atom. The Bertz CT molecular complexity index is 438. The number of carbonyl (C=O) groups excluding carboxylic acids is 1. The number of aromatic nitrogens is 1. The van der Waals surface area contributed by atoms with Gasteiger partial charge in [-0.3, -0.25) is 9.69 Å². The molecule has 5 heteroatoms. The second-order valence-corrected chi connectivity index (χ2v) is 5.20. The van der Waals surface area contributed by atoms with Gasteiger partial charge in [-0.15, -0.1) is 0 Å². The van der Waals surface area contributed by atoms with Crippen molar-refractivity contribution in [3.63, 3.8) is 0 Å². The summed E-state index contributed by atoms with van der Waals surface area (Å²) in [5.41, 5.74) is 5.99. The van der Waals surface area contributed by atoms with Gasteiger partial charge in [0.05, 0.1) is 5.41 Å². The molecule has 0 spiro atoms. The molecule has 1 unspecified atom stereocenters. The molecule has 1 aromatic rings. The van der Waals surface area contributed by atoms with Crippen LogP contribution >= 0.6 is 11.6 Å². The molecule has 2 N–H and O–H groups in total. The van der Waals surface area contributed by atoms with E-state index in [-0.39, 0.29) is 5.91 Å². The lowest BCUT2D eigenvalue weighted by molar-refractivity contribution is -0.126. The van der Waals surface area contributed by atoms with Crippen LogP contribution in [0.1, 0.15) is 18.9 Å². The van der Waals surface area contributed by atoms with Gasteiger partial charge in [0.25, 0.3) is 0 Å². The molecule has 2 rings (SSSR count). The number of primary amides is 1. The summed E-state index contributed by atoms with van der Waals surface area (Å²) in [7, 11) is 0. The van der Waals surface area contributed by atoms with Gasteiger partial charge in [-0.1, -0.05) is 17.7 Å². The van der Waals surface area contributed by atoms with Crippen LogP contribution in [-0.4, -0.2) is 28.9 Å². The molecule has 1 aliphatic heterocycles. The predicted molar refractivity (Wildman–Crippen MR) is 66.4 cm³/mol. The van der Waals surface area contributed by atoms with Crippen molar-refractivity contribution < 1.29 is 4.79 Å². The van der Waals surface area contributed by atoms with Gasteiger partial charge in [0, 0.05) is 24.8 Å². The van der Waals surface area contributed by atoms with Gasteiger partial charge in [0.2, 0.25) is 5.91 Å². The van der Waals surface area contributed by atoms with Gasteiger partial charge in [0.15, 0.2) is 0 Å². The topological polar surface area (TPSA) is 59.2 Å². The number of rotatable bonds is 3. The highest BCUT2D eigenvalue weighted by atomic mass is 35.5. The van der Waals surface area contributed by atoms with Crippen molar-refractivity contribution >= 4 is 17.5 Å². The summed E-state index contributed by atoms with van der Waals surface area (Å²) in [5.74, 6) is -0.225. The summed E-state index contributed by atoms with van der Waals surface area (Å²) < 4.78 is 0. The van der Waals surface area contributed by atoms with Crippen LogP contribution in [0.5, 0.6) is 0 Å². The fourth-order valence-corrected chi connectivity index (χ4v) is 2.35. The predicted octanol–water partition coefficient (Wildman–Crippen LogP) is 1.43. The fourth-order valence-electron chi connectivity index (χ4n) is 2.17. The molecule has 0 bridgehead atoms. The first kappa shape index (κ1) is 12.3.